The van der Waals surface area contributed by atoms with Gasteiger partial charge in [0.1, 0.15) is 5.52 Å². The summed E-state index contributed by atoms with van der Waals surface area (Å²) in [7, 11) is 0. The Morgan fingerprint density at radius 2 is 2.33 bits per heavy atom. The van der Waals surface area contributed by atoms with E-state index in [1.165, 1.54) is 19.3 Å². The van der Waals surface area contributed by atoms with Crippen LogP contribution in [0.15, 0.2) is 22.6 Å². The van der Waals surface area contributed by atoms with Crippen molar-refractivity contribution in [2.45, 2.75) is 32.2 Å². The molecule has 1 aliphatic rings. The predicted octanol–water partition coefficient (Wildman–Crippen LogP) is 2.68. The third kappa shape index (κ3) is 2.08. The number of benzene rings is 1. The Labute approximate surface area is 107 Å². The highest BCUT2D eigenvalue weighted by atomic mass is 16.3. The van der Waals surface area contributed by atoms with Crippen LogP contribution in [-0.2, 0) is 0 Å². The minimum Gasteiger partial charge on any atom is -0.441 e. The molecular formula is C14H19N3O. The van der Waals surface area contributed by atoms with E-state index in [0.29, 0.717) is 17.9 Å². The number of nitrogens with zero attached hydrogens (tertiary/aromatic N) is 1. The Morgan fingerprint density at radius 1 is 1.44 bits per heavy atom. The molecule has 1 aromatic carbocycles. The summed E-state index contributed by atoms with van der Waals surface area (Å²) >= 11 is 0. The van der Waals surface area contributed by atoms with E-state index in [9.17, 15) is 0 Å². The highest BCUT2D eigenvalue weighted by Crippen LogP contribution is 2.29. The maximum absolute atomic E-state index is 5.80. The molecular weight excluding hydrogens is 226 g/mol. The fourth-order valence-corrected chi connectivity index (χ4v) is 2.86. The Balaban J connectivity index is 1.81. The average Bonchev–Trinajstić information content (AvgIpc) is 2.93. The van der Waals surface area contributed by atoms with Gasteiger partial charge < -0.3 is 15.5 Å². The smallest absolute Gasteiger partial charge is 0.192 e. The first-order chi connectivity index (χ1) is 8.76. The number of aryl methyl sites for hydroxylation is 1. The molecule has 0 radical (unpaired) electrons. The van der Waals surface area contributed by atoms with Crippen LogP contribution in [0.1, 0.15) is 25.2 Å². The summed E-state index contributed by atoms with van der Waals surface area (Å²) in [5.74, 6) is 1.31. The summed E-state index contributed by atoms with van der Waals surface area (Å²) in [6, 6.07) is 6.58. The lowest BCUT2D eigenvalue weighted by Crippen LogP contribution is -2.29. The topological polar surface area (TPSA) is 64.1 Å². The lowest BCUT2D eigenvalue weighted by atomic mass is 10.0. The van der Waals surface area contributed by atoms with Crippen molar-refractivity contribution in [3.8, 4) is 0 Å². The molecule has 1 fully saturated rings. The van der Waals surface area contributed by atoms with E-state index in [1.807, 2.05) is 13.0 Å². The van der Waals surface area contributed by atoms with Crippen molar-refractivity contribution in [1.82, 2.24) is 4.98 Å². The second-order valence-electron chi connectivity index (χ2n) is 5.09. The molecule has 18 heavy (non-hydrogen) atoms. The van der Waals surface area contributed by atoms with Crippen molar-refractivity contribution in [3.05, 3.63) is 24.1 Å². The normalized spacial score (nSPS) is 23.7. The van der Waals surface area contributed by atoms with E-state index in [0.717, 1.165) is 23.3 Å². The molecule has 2 unspecified atom stereocenters. The molecule has 1 aliphatic carbocycles. The Bertz CT molecular complexity index is 549. The first-order valence-electron chi connectivity index (χ1n) is 6.60. The molecule has 96 valence electrons. The molecule has 1 heterocycles. The largest absolute Gasteiger partial charge is 0.441 e. The summed E-state index contributed by atoms with van der Waals surface area (Å²) in [5, 5.41) is 3.58. The minimum atomic E-state index is 0.500. The number of anilines is 1. The number of aromatic nitrogens is 1. The van der Waals surface area contributed by atoms with Crippen LogP contribution in [0.4, 0.5) is 5.69 Å². The standard InChI is InChI=1S/C14H19N3O/c1-9-16-13-7-11(5-6-14(13)18-9)17-12-4-2-3-10(12)8-15/h5-7,10,12,17H,2-4,8,15H2,1H3. The monoisotopic (exact) mass is 245 g/mol. The molecule has 3 N–H and O–H groups in total. The second kappa shape index (κ2) is 4.61. The lowest BCUT2D eigenvalue weighted by Gasteiger charge is -2.20. The lowest BCUT2D eigenvalue weighted by molar-refractivity contribution is 0.516. The van der Waals surface area contributed by atoms with Gasteiger partial charge in [-0.05, 0) is 43.5 Å². The van der Waals surface area contributed by atoms with Gasteiger partial charge in [-0.3, -0.25) is 0 Å². The second-order valence-corrected chi connectivity index (χ2v) is 5.09. The Hall–Kier alpha value is -1.55. The molecule has 0 spiro atoms. The molecule has 0 amide bonds. The first-order valence-corrected chi connectivity index (χ1v) is 6.60. The molecule has 4 heteroatoms. The molecule has 2 atom stereocenters. The van der Waals surface area contributed by atoms with E-state index >= 15 is 0 Å². The average molecular weight is 245 g/mol. The van der Waals surface area contributed by atoms with Crippen molar-refractivity contribution in [2.75, 3.05) is 11.9 Å². The van der Waals surface area contributed by atoms with Crippen LogP contribution in [-0.4, -0.2) is 17.6 Å². The van der Waals surface area contributed by atoms with E-state index in [2.05, 4.69) is 22.4 Å². The van der Waals surface area contributed by atoms with Crippen LogP contribution in [0, 0.1) is 12.8 Å². The molecule has 4 nitrogen and oxygen atoms in total. The summed E-state index contributed by atoms with van der Waals surface area (Å²) in [4.78, 5) is 4.36. The van der Waals surface area contributed by atoms with Gasteiger partial charge >= 0.3 is 0 Å². The number of rotatable bonds is 3. The Morgan fingerprint density at radius 3 is 3.17 bits per heavy atom. The van der Waals surface area contributed by atoms with Crippen LogP contribution in [0.25, 0.3) is 11.1 Å². The van der Waals surface area contributed by atoms with Gasteiger partial charge in [-0.15, -0.1) is 0 Å². The molecule has 1 saturated carbocycles. The summed E-state index contributed by atoms with van der Waals surface area (Å²) in [5.41, 5.74) is 8.68. The zero-order valence-electron chi connectivity index (χ0n) is 10.6. The SMILES string of the molecule is Cc1nc2cc(NC3CCCC3CN)ccc2o1. The number of nitrogens with one attached hydrogen (secondary N) is 1. The molecule has 0 aliphatic heterocycles. The van der Waals surface area contributed by atoms with Gasteiger partial charge in [0.25, 0.3) is 0 Å². The zero-order chi connectivity index (χ0) is 12.5. The van der Waals surface area contributed by atoms with E-state index in [4.69, 9.17) is 10.2 Å². The molecule has 3 rings (SSSR count). The quantitative estimate of drug-likeness (QED) is 0.872. The van der Waals surface area contributed by atoms with Gasteiger partial charge in [-0.2, -0.15) is 0 Å². The van der Waals surface area contributed by atoms with Gasteiger partial charge in [0.15, 0.2) is 11.5 Å². The zero-order valence-corrected chi connectivity index (χ0v) is 10.6. The van der Waals surface area contributed by atoms with Crippen molar-refractivity contribution in [2.24, 2.45) is 11.7 Å². The maximum Gasteiger partial charge on any atom is 0.192 e. The van der Waals surface area contributed by atoms with Gasteiger partial charge in [0.2, 0.25) is 0 Å². The van der Waals surface area contributed by atoms with Crippen LogP contribution in [0.3, 0.4) is 0 Å². The third-order valence-electron chi connectivity index (χ3n) is 3.81. The highest BCUT2D eigenvalue weighted by molar-refractivity contribution is 5.77. The molecule has 0 bridgehead atoms. The van der Waals surface area contributed by atoms with Crippen LogP contribution < -0.4 is 11.1 Å². The number of oxazole rings is 1. The number of nitrogens with two attached hydrogens (primary N) is 1. The summed E-state index contributed by atoms with van der Waals surface area (Å²) < 4.78 is 5.48. The van der Waals surface area contributed by atoms with Crippen molar-refractivity contribution in [1.29, 1.82) is 0 Å². The van der Waals surface area contributed by atoms with Gasteiger partial charge in [0.05, 0.1) is 0 Å². The first kappa shape index (κ1) is 11.5. The fourth-order valence-electron chi connectivity index (χ4n) is 2.86. The molecule has 0 saturated heterocycles. The summed E-state index contributed by atoms with van der Waals surface area (Å²) in [6.45, 7) is 2.64. The maximum atomic E-state index is 5.80. The van der Waals surface area contributed by atoms with Gasteiger partial charge in [0, 0.05) is 18.7 Å². The van der Waals surface area contributed by atoms with Gasteiger partial charge in [-0.1, -0.05) is 6.42 Å². The van der Waals surface area contributed by atoms with Gasteiger partial charge in [-0.25, -0.2) is 4.98 Å². The minimum absolute atomic E-state index is 0.500. The van der Waals surface area contributed by atoms with E-state index in [1.54, 1.807) is 0 Å². The van der Waals surface area contributed by atoms with Crippen molar-refractivity contribution in [3.63, 3.8) is 0 Å². The van der Waals surface area contributed by atoms with Crippen LogP contribution in [0.2, 0.25) is 0 Å². The van der Waals surface area contributed by atoms with E-state index in [-0.39, 0.29) is 0 Å². The van der Waals surface area contributed by atoms with E-state index < -0.39 is 0 Å². The van der Waals surface area contributed by atoms with Crippen LogP contribution >= 0.6 is 0 Å². The highest BCUT2D eigenvalue weighted by Gasteiger charge is 2.25. The molecule has 1 aromatic heterocycles. The number of hydrogen-bond donors (Lipinski definition) is 2. The Kier molecular flexibility index (Phi) is 2.96. The van der Waals surface area contributed by atoms with Crippen molar-refractivity contribution >= 4 is 16.8 Å². The fraction of sp³-hybridized carbons (Fsp3) is 0.500. The summed E-state index contributed by atoms with van der Waals surface area (Å²) in [6.07, 6.45) is 3.71. The third-order valence-corrected chi connectivity index (χ3v) is 3.81. The molecule has 2 aromatic rings. The number of hydrogen-bond acceptors (Lipinski definition) is 4. The predicted molar refractivity (Wildman–Crippen MR) is 72.6 cm³/mol. The van der Waals surface area contributed by atoms with Crippen LogP contribution in [0.5, 0.6) is 0 Å². The van der Waals surface area contributed by atoms with Crippen molar-refractivity contribution < 1.29 is 4.42 Å². The number of fused-ring (bicyclic) bond motifs is 1.